The van der Waals surface area contributed by atoms with E-state index in [1.807, 2.05) is 6.92 Å². The molecule has 0 spiro atoms. The van der Waals surface area contributed by atoms with Crippen molar-refractivity contribution in [1.82, 2.24) is 10.6 Å². The highest BCUT2D eigenvalue weighted by molar-refractivity contribution is 14.0. The standard InChI is InChI=1S/C17H25F2N3OS.HI/c1-3-24(23)15-6-4-5-14(10-15)22-17(20-2)21-11-12-7-8-13(18)9-16(12)19;/h7-9,14-15H,3-6,10-11H2,1-2H3,(H2,20,21,22);1H. The Bertz CT molecular complexity index is 616. The van der Waals surface area contributed by atoms with Gasteiger partial charge in [-0.2, -0.15) is 0 Å². The number of hydrogen-bond donors (Lipinski definition) is 2. The SMILES string of the molecule is CCS(=O)C1CCCC(NC(=NC)NCc2ccc(F)cc2F)C1.I. The van der Waals surface area contributed by atoms with Crippen molar-refractivity contribution in [2.75, 3.05) is 12.8 Å². The average molecular weight is 485 g/mol. The number of aliphatic imine (C=N–C) groups is 1. The zero-order valence-electron chi connectivity index (χ0n) is 14.6. The molecule has 0 bridgehead atoms. The number of nitrogens with one attached hydrogen (secondary N) is 2. The lowest BCUT2D eigenvalue weighted by Crippen LogP contribution is -2.46. The molecule has 4 nitrogen and oxygen atoms in total. The van der Waals surface area contributed by atoms with Crippen LogP contribution in [0.2, 0.25) is 0 Å². The minimum absolute atomic E-state index is 0. The van der Waals surface area contributed by atoms with Crippen molar-refractivity contribution in [3.05, 3.63) is 35.4 Å². The van der Waals surface area contributed by atoms with Gasteiger partial charge in [-0.05, 0) is 25.3 Å². The molecule has 142 valence electrons. The zero-order chi connectivity index (χ0) is 17.5. The first kappa shape index (κ1) is 22.3. The molecule has 0 aromatic heterocycles. The Hall–Kier alpha value is -0.770. The number of nitrogens with zero attached hydrogens (tertiary/aromatic N) is 1. The molecular weight excluding hydrogens is 459 g/mol. The topological polar surface area (TPSA) is 53.5 Å². The highest BCUT2D eigenvalue weighted by Crippen LogP contribution is 2.23. The van der Waals surface area contributed by atoms with Gasteiger partial charge in [-0.3, -0.25) is 9.20 Å². The van der Waals surface area contributed by atoms with Crippen molar-refractivity contribution in [1.29, 1.82) is 0 Å². The molecule has 3 atom stereocenters. The second-order valence-corrected chi connectivity index (χ2v) is 7.97. The molecule has 1 aromatic rings. The Morgan fingerprint density at radius 3 is 2.76 bits per heavy atom. The number of hydrogen-bond acceptors (Lipinski definition) is 2. The molecule has 1 fully saturated rings. The van der Waals surface area contributed by atoms with Gasteiger partial charge in [0.05, 0.1) is 0 Å². The van der Waals surface area contributed by atoms with Crippen molar-refractivity contribution in [2.24, 2.45) is 4.99 Å². The van der Waals surface area contributed by atoms with Gasteiger partial charge < -0.3 is 10.6 Å². The first-order valence-corrected chi connectivity index (χ1v) is 9.70. The lowest BCUT2D eigenvalue weighted by Gasteiger charge is -2.30. The molecule has 1 aliphatic rings. The smallest absolute Gasteiger partial charge is 0.191 e. The van der Waals surface area contributed by atoms with Crippen LogP contribution in [0.1, 0.15) is 38.2 Å². The van der Waals surface area contributed by atoms with Gasteiger partial charge in [0.15, 0.2) is 5.96 Å². The molecule has 0 amide bonds. The third-order valence-electron chi connectivity index (χ3n) is 4.31. The molecular formula is C17H26F2IN3OS. The molecule has 8 heteroatoms. The summed E-state index contributed by atoms with van der Waals surface area (Å²) in [5.41, 5.74) is 0.382. The van der Waals surface area contributed by atoms with Gasteiger partial charge in [-0.15, -0.1) is 24.0 Å². The van der Waals surface area contributed by atoms with Gasteiger partial charge in [-0.25, -0.2) is 8.78 Å². The maximum atomic E-state index is 13.7. The molecule has 0 aliphatic heterocycles. The van der Waals surface area contributed by atoms with Crippen LogP contribution >= 0.6 is 24.0 Å². The molecule has 3 unspecified atom stereocenters. The Kier molecular flexibility index (Phi) is 9.84. The largest absolute Gasteiger partial charge is 0.354 e. The first-order valence-electron chi connectivity index (χ1n) is 8.31. The third kappa shape index (κ3) is 6.80. The van der Waals surface area contributed by atoms with Crippen LogP contribution < -0.4 is 10.6 Å². The quantitative estimate of drug-likeness (QED) is 0.382. The van der Waals surface area contributed by atoms with Crippen LogP contribution in [-0.2, 0) is 17.3 Å². The highest BCUT2D eigenvalue weighted by Gasteiger charge is 2.26. The van der Waals surface area contributed by atoms with Crippen LogP contribution in [0.3, 0.4) is 0 Å². The number of halogens is 3. The maximum absolute atomic E-state index is 13.7. The normalized spacial score (nSPS) is 22.0. The summed E-state index contributed by atoms with van der Waals surface area (Å²) in [4.78, 5) is 4.16. The molecule has 0 heterocycles. The predicted molar refractivity (Wildman–Crippen MR) is 110 cm³/mol. The fraction of sp³-hybridized carbons (Fsp3) is 0.588. The van der Waals surface area contributed by atoms with Gasteiger partial charge in [0.25, 0.3) is 0 Å². The fourth-order valence-corrected chi connectivity index (χ4v) is 4.33. The van der Waals surface area contributed by atoms with Gasteiger partial charge in [-0.1, -0.05) is 19.4 Å². The lowest BCUT2D eigenvalue weighted by molar-refractivity contribution is 0.413. The maximum Gasteiger partial charge on any atom is 0.191 e. The van der Waals surface area contributed by atoms with E-state index in [4.69, 9.17) is 0 Å². The van der Waals surface area contributed by atoms with E-state index in [-0.39, 0.29) is 41.8 Å². The van der Waals surface area contributed by atoms with Crippen molar-refractivity contribution in [2.45, 2.75) is 50.4 Å². The van der Waals surface area contributed by atoms with E-state index >= 15 is 0 Å². The summed E-state index contributed by atoms with van der Waals surface area (Å²) in [5.74, 6) is 0.102. The van der Waals surface area contributed by atoms with Crippen LogP contribution in [0, 0.1) is 11.6 Å². The molecule has 1 aromatic carbocycles. The van der Waals surface area contributed by atoms with Crippen molar-refractivity contribution in [3.8, 4) is 0 Å². The summed E-state index contributed by atoms with van der Waals surface area (Å²) >= 11 is 0. The van der Waals surface area contributed by atoms with Crippen LogP contribution in [-0.4, -0.2) is 34.3 Å². The lowest BCUT2D eigenvalue weighted by atomic mass is 9.95. The van der Waals surface area contributed by atoms with E-state index in [1.165, 1.54) is 12.1 Å². The molecule has 2 rings (SSSR count). The van der Waals surface area contributed by atoms with Crippen molar-refractivity contribution >= 4 is 40.7 Å². The number of rotatable bonds is 5. The van der Waals surface area contributed by atoms with Gasteiger partial charge in [0.2, 0.25) is 0 Å². The summed E-state index contributed by atoms with van der Waals surface area (Å²) in [6.45, 7) is 2.17. The zero-order valence-corrected chi connectivity index (χ0v) is 17.7. The van der Waals surface area contributed by atoms with E-state index in [9.17, 15) is 13.0 Å². The summed E-state index contributed by atoms with van der Waals surface area (Å²) < 4.78 is 38.6. The molecule has 25 heavy (non-hydrogen) atoms. The second-order valence-electron chi connectivity index (χ2n) is 5.96. The van der Waals surface area contributed by atoms with Crippen LogP contribution in [0.5, 0.6) is 0 Å². The average Bonchev–Trinajstić information content (AvgIpc) is 2.59. The molecule has 1 aliphatic carbocycles. The molecule has 0 radical (unpaired) electrons. The number of guanidine groups is 1. The predicted octanol–water partition coefficient (Wildman–Crippen LogP) is 3.33. The summed E-state index contributed by atoms with van der Waals surface area (Å²) in [5, 5.41) is 6.61. The van der Waals surface area contributed by atoms with Crippen LogP contribution in [0.4, 0.5) is 8.78 Å². The van der Waals surface area contributed by atoms with Gasteiger partial charge in [0, 0.05) is 53.1 Å². The summed E-state index contributed by atoms with van der Waals surface area (Å²) in [7, 11) is 0.879. The van der Waals surface area contributed by atoms with E-state index in [0.29, 0.717) is 17.3 Å². The Balaban J connectivity index is 0.00000312. The second kappa shape index (κ2) is 11.1. The third-order valence-corrected chi connectivity index (χ3v) is 6.05. The minimum Gasteiger partial charge on any atom is -0.354 e. The van der Waals surface area contributed by atoms with E-state index in [0.717, 1.165) is 31.7 Å². The van der Waals surface area contributed by atoms with Crippen LogP contribution in [0.15, 0.2) is 23.2 Å². The molecule has 0 saturated heterocycles. The van der Waals surface area contributed by atoms with Crippen molar-refractivity contribution in [3.63, 3.8) is 0 Å². The van der Waals surface area contributed by atoms with E-state index in [2.05, 4.69) is 15.6 Å². The summed E-state index contributed by atoms with van der Waals surface area (Å²) in [6, 6.07) is 3.75. The van der Waals surface area contributed by atoms with E-state index < -0.39 is 22.4 Å². The first-order chi connectivity index (χ1) is 11.5. The fourth-order valence-electron chi connectivity index (χ4n) is 2.98. The van der Waals surface area contributed by atoms with E-state index in [1.54, 1.807) is 7.05 Å². The number of benzene rings is 1. The Morgan fingerprint density at radius 2 is 2.12 bits per heavy atom. The molecule has 1 saturated carbocycles. The van der Waals surface area contributed by atoms with Gasteiger partial charge >= 0.3 is 0 Å². The van der Waals surface area contributed by atoms with Crippen LogP contribution in [0.25, 0.3) is 0 Å². The highest BCUT2D eigenvalue weighted by atomic mass is 127. The minimum atomic E-state index is -0.775. The monoisotopic (exact) mass is 485 g/mol. The van der Waals surface area contributed by atoms with Crippen molar-refractivity contribution < 1.29 is 13.0 Å². The molecule has 2 N–H and O–H groups in total. The summed E-state index contributed by atoms with van der Waals surface area (Å²) in [6.07, 6.45) is 3.90. The Labute approximate surface area is 167 Å². The van der Waals surface area contributed by atoms with Gasteiger partial charge in [0.1, 0.15) is 11.6 Å². The Morgan fingerprint density at radius 1 is 1.36 bits per heavy atom.